The Bertz CT molecular complexity index is 1260. The van der Waals surface area contributed by atoms with Crippen LogP contribution in [0.25, 0.3) is 0 Å². The fourth-order valence-electron chi connectivity index (χ4n) is 3.60. The molecule has 0 N–H and O–H groups in total. The van der Waals surface area contributed by atoms with E-state index in [1.807, 2.05) is 11.4 Å². The summed E-state index contributed by atoms with van der Waals surface area (Å²) in [5.74, 6) is -2.21. The van der Waals surface area contributed by atoms with Crippen molar-refractivity contribution in [2.24, 2.45) is 0 Å². The van der Waals surface area contributed by atoms with Gasteiger partial charge in [-0.3, -0.25) is 4.79 Å². The van der Waals surface area contributed by atoms with Crippen LogP contribution in [0, 0.1) is 18.6 Å². The van der Waals surface area contributed by atoms with Gasteiger partial charge < -0.3 is 9.64 Å². The molecule has 1 aromatic heterocycles. The van der Waals surface area contributed by atoms with Gasteiger partial charge in [-0.1, -0.05) is 12.1 Å². The number of thiophene rings is 1. The minimum absolute atomic E-state index is 0.0194. The fourth-order valence-corrected chi connectivity index (χ4v) is 5.73. The molecule has 1 fully saturated rings. The normalized spacial score (nSPS) is 14.9. The van der Waals surface area contributed by atoms with Crippen molar-refractivity contribution in [3.8, 4) is 0 Å². The highest BCUT2D eigenvalue weighted by molar-refractivity contribution is 7.89. The molecule has 174 valence electrons. The van der Waals surface area contributed by atoms with Crippen molar-refractivity contribution < 1.29 is 26.7 Å². The van der Waals surface area contributed by atoms with E-state index in [1.54, 1.807) is 19.1 Å². The molecule has 3 aromatic rings. The lowest BCUT2D eigenvalue weighted by molar-refractivity contribution is 0.0730. The van der Waals surface area contributed by atoms with Crippen molar-refractivity contribution in [2.75, 3.05) is 31.2 Å². The molecule has 33 heavy (non-hydrogen) atoms. The van der Waals surface area contributed by atoms with Gasteiger partial charge in [0.25, 0.3) is 5.91 Å². The topological polar surface area (TPSA) is 66.9 Å². The molecule has 10 heteroatoms. The molecule has 1 amide bonds. The van der Waals surface area contributed by atoms with E-state index in [2.05, 4.69) is 0 Å². The average Bonchev–Trinajstić information content (AvgIpc) is 3.31. The minimum atomic E-state index is -3.83. The van der Waals surface area contributed by atoms with Gasteiger partial charge >= 0.3 is 0 Å². The van der Waals surface area contributed by atoms with E-state index in [1.165, 1.54) is 38.7 Å². The van der Waals surface area contributed by atoms with E-state index < -0.39 is 27.6 Å². The van der Waals surface area contributed by atoms with Gasteiger partial charge in [0, 0.05) is 29.6 Å². The van der Waals surface area contributed by atoms with Crippen LogP contribution in [0.2, 0.25) is 0 Å². The van der Waals surface area contributed by atoms with E-state index in [0.29, 0.717) is 18.8 Å². The Morgan fingerprint density at radius 3 is 2.55 bits per heavy atom. The van der Waals surface area contributed by atoms with Gasteiger partial charge in [-0.05, 0) is 48.2 Å². The maximum atomic E-state index is 14.7. The number of sulfonamides is 1. The predicted octanol–water partition coefficient (Wildman–Crippen LogP) is 4.20. The van der Waals surface area contributed by atoms with Crippen molar-refractivity contribution in [3.05, 3.63) is 81.5 Å². The van der Waals surface area contributed by atoms with Gasteiger partial charge in [0.15, 0.2) is 0 Å². The second-order valence-corrected chi connectivity index (χ2v) is 10.5. The number of amides is 1. The molecule has 1 saturated heterocycles. The van der Waals surface area contributed by atoms with Crippen LogP contribution in [-0.4, -0.2) is 44.9 Å². The summed E-state index contributed by atoms with van der Waals surface area (Å²) in [4.78, 5) is 15.6. The standard InChI is InChI=1S/C23H22F2N2O4S2/c1-16-4-6-19(33(29,30)26-8-10-31-11-9-26)14-20(16)23(28)27(15-18-3-2-12-32-18)22-7-5-17(24)13-21(22)25/h2-7,12-14H,8-11,15H2,1H3. The minimum Gasteiger partial charge on any atom is -0.379 e. The Balaban J connectivity index is 1.75. The summed E-state index contributed by atoms with van der Waals surface area (Å²) in [6.45, 7) is 2.79. The summed E-state index contributed by atoms with van der Waals surface area (Å²) in [5, 5.41) is 1.83. The van der Waals surface area contributed by atoms with Crippen LogP contribution in [-0.2, 0) is 21.3 Å². The molecule has 2 heterocycles. The predicted molar refractivity (Wildman–Crippen MR) is 122 cm³/mol. The first-order chi connectivity index (χ1) is 15.8. The number of rotatable bonds is 6. The summed E-state index contributed by atoms with van der Waals surface area (Å²) in [5.41, 5.74) is 0.583. The zero-order chi connectivity index (χ0) is 23.6. The van der Waals surface area contributed by atoms with Crippen LogP contribution in [0.15, 0.2) is 58.8 Å². The highest BCUT2D eigenvalue weighted by Gasteiger charge is 2.29. The number of ether oxygens (including phenoxy) is 1. The summed E-state index contributed by atoms with van der Waals surface area (Å²) >= 11 is 1.39. The van der Waals surface area contributed by atoms with Gasteiger partial charge in [-0.2, -0.15) is 4.31 Å². The fraction of sp³-hybridized carbons (Fsp3) is 0.261. The monoisotopic (exact) mass is 492 g/mol. The number of benzene rings is 2. The third kappa shape index (κ3) is 4.98. The maximum Gasteiger partial charge on any atom is 0.259 e. The molecule has 4 rings (SSSR count). The zero-order valence-corrected chi connectivity index (χ0v) is 19.5. The molecule has 6 nitrogen and oxygen atoms in total. The second-order valence-electron chi connectivity index (χ2n) is 7.56. The first-order valence-electron chi connectivity index (χ1n) is 10.3. The largest absolute Gasteiger partial charge is 0.379 e. The lowest BCUT2D eigenvalue weighted by Crippen LogP contribution is -2.40. The Labute approximate surface area is 195 Å². The van der Waals surface area contributed by atoms with Gasteiger partial charge in [0.2, 0.25) is 10.0 Å². The Morgan fingerprint density at radius 1 is 1.12 bits per heavy atom. The SMILES string of the molecule is Cc1ccc(S(=O)(=O)N2CCOCC2)cc1C(=O)N(Cc1cccs1)c1ccc(F)cc1F. The van der Waals surface area contributed by atoms with Gasteiger partial charge in [0.05, 0.1) is 30.3 Å². The smallest absolute Gasteiger partial charge is 0.259 e. The molecule has 0 aliphatic carbocycles. The average molecular weight is 493 g/mol. The molecule has 2 aromatic carbocycles. The zero-order valence-electron chi connectivity index (χ0n) is 17.8. The van der Waals surface area contributed by atoms with Crippen molar-refractivity contribution >= 4 is 33.0 Å². The Hall–Kier alpha value is -2.66. The number of hydrogen-bond acceptors (Lipinski definition) is 5. The molecule has 0 spiro atoms. The number of hydrogen-bond donors (Lipinski definition) is 0. The number of morpholine rings is 1. The highest BCUT2D eigenvalue weighted by atomic mass is 32.2. The first-order valence-corrected chi connectivity index (χ1v) is 12.6. The summed E-state index contributed by atoms with van der Waals surface area (Å²) in [6.07, 6.45) is 0. The Kier molecular flexibility index (Phi) is 6.89. The van der Waals surface area contributed by atoms with Gasteiger partial charge in [-0.25, -0.2) is 17.2 Å². The molecule has 0 saturated carbocycles. The molecule has 0 radical (unpaired) electrons. The molecule has 1 aliphatic rings. The molecular formula is C23H22F2N2O4S2. The van der Waals surface area contributed by atoms with Gasteiger partial charge in [-0.15, -0.1) is 11.3 Å². The lowest BCUT2D eigenvalue weighted by Gasteiger charge is -2.27. The van der Waals surface area contributed by atoms with Gasteiger partial charge in [0.1, 0.15) is 11.6 Å². The van der Waals surface area contributed by atoms with Crippen molar-refractivity contribution in [1.82, 2.24) is 4.31 Å². The van der Waals surface area contributed by atoms with E-state index >= 15 is 0 Å². The van der Waals surface area contributed by atoms with E-state index in [0.717, 1.165) is 17.0 Å². The van der Waals surface area contributed by atoms with Crippen molar-refractivity contribution in [1.29, 1.82) is 0 Å². The quantitative estimate of drug-likeness (QED) is 0.517. The summed E-state index contributed by atoms with van der Waals surface area (Å²) in [7, 11) is -3.83. The number of aryl methyl sites for hydroxylation is 1. The van der Waals surface area contributed by atoms with Crippen LogP contribution >= 0.6 is 11.3 Å². The number of carbonyl (C=O) groups excluding carboxylic acids is 1. The third-order valence-corrected chi connectivity index (χ3v) is 8.14. The van der Waals surface area contributed by atoms with Crippen LogP contribution in [0.1, 0.15) is 20.8 Å². The van der Waals surface area contributed by atoms with E-state index in [4.69, 9.17) is 4.74 Å². The number of halogens is 2. The first kappa shape index (κ1) is 23.5. The highest BCUT2D eigenvalue weighted by Crippen LogP contribution is 2.28. The molecular weight excluding hydrogens is 470 g/mol. The second kappa shape index (κ2) is 9.68. The van der Waals surface area contributed by atoms with Crippen LogP contribution in [0.3, 0.4) is 0 Å². The Morgan fingerprint density at radius 2 is 1.88 bits per heavy atom. The van der Waals surface area contributed by atoms with E-state index in [9.17, 15) is 22.0 Å². The molecule has 0 unspecified atom stereocenters. The maximum absolute atomic E-state index is 14.7. The van der Waals surface area contributed by atoms with E-state index in [-0.39, 0.29) is 35.8 Å². The van der Waals surface area contributed by atoms with Crippen LogP contribution < -0.4 is 4.90 Å². The molecule has 1 aliphatic heterocycles. The molecule has 0 bridgehead atoms. The summed E-state index contributed by atoms with van der Waals surface area (Å²) < 4.78 is 61.0. The third-order valence-electron chi connectivity index (χ3n) is 5.39. The number of anilines is 1. The number of carbonyl (C=O) groups is 1. The van der Waals surface area contributed by atoms with Crippen molar-refractivity contribution in [2.45, 2.75) is 18.4 Å². The van der Waals surface area contributed by atoms with Crippen molar-refractivity contribution in [3.63, 3.8) is 0 Å². The lowest BCUT2D eigenvalue weighted by atomic mass is 10.1. The number of nitrogens with zero attached hydrogens (tertiary/aromatic N) is 2. The molecule has 0 atom stereocenters. The van der Waals surface area contributed by atoms with Crippen LogP contribution in [0.5, 0.6) is 0 Å². The van der Waals surface area contributed by atoms with Crippen LogP contribution in [0.4, 0.5) is 14.5 Å². The summed E-state index contributed by atoms with van der Waals surface area (Å²) in [6, 6.07) is 11.0.